The molecule has 144 valence electrons. The Morgan fingerprint density at radius 2 is 1.69 bits per heavy atom. The van der Waals surface area contributed by atoms with E-state index in [9.17, 15) is 14.0 Å². The van der Waals surface area contributed by atoms with Crippen LogP contribution < -0.4 is 4.90 Å². The lowest BCUT2D eigenvalue weighted by Crippen LogP contribution is -2.49. The minimum absolute atomic E-state index is 0.0371. The second-order valence-electron chi connectivity index (χ2n) is 6.81. The van der Waals surface area contributed by atoms with Crippen LogP contribution in [-0.2, 0) is 9.59 Å². The standard InChI is InChI=1S/C20H30FN3O2/c1-3-4-5-11-22(17(2)25)12-10-20(26)24-15-13-23(14-16-24)19-8-6-18(21)7-9-19/h6-9H,3-5,10-16H2,1-2H3. The second kappa shape index (κ2) is 10.1. The fourth-order valence-corrected chi connectivity index (χ4v) is 3.23. The van der Waals surface area contributed by atoms with Crippen molar-refractivity contribution in [3.8, 4) is 0 Å². The first-order chi connectivity index (χ1) is 12.5. The molecule has 2 amide bonds. The van der Waals surface area contributed by atoms with Gasteiger partial charge in [-0.25, -0.2) is 4.39 Å². The van der Waals surface area contributed by atoms with Crippen molar-refractivity contribution in [2.75, 3.05) is 44.2 Å². The Kier molecular flexibility index (Phi) is 7.88. The van der Waals surface area contributed by atoms with E-state index in [4.69, 9.17) is 0 Å². The Bertz CT molecular complexity index is 583. The van der Waals surface area contributed by atoms with E-state index in [-0.39, 0.29) is 17.6 Å². The predicted octanol–water partition coefficient (Wildman–Crippen LogP) is 2.90. The van der Waals surface area contributed by atoms with Crippen LogP contribution in [-0.4, -0.2) is 60.9 Å². The van der Waals surface area contributed by atoms with E-state index in [0.717, 1.165) is 44.6 Å². The summed E-state index contributed by atoms with van der Waals surface area (Å²) in [6.07, 6.45) is 3.58. The Hall–Kier alpha value is -2.11. The van der Waals surface area contributed by atoms with Gasteiger partial charge in [-0.05, 0) is 30.7 Å². The predicted molar refractivity (Wildman–Crippen MR) is 102 cm³/mol. The number of unbranched alkanes of at least 4 members (excludes halogenated alkanes) is 2. The maximum atomic E-state index is 13.0. The average Bonchev–Trinajstić information content (AvgIpc) is 2.65. The first-order valence-corrected chi connectivity index (χ1v) is 9.55. The van der Waals surface area contributed by atoms with Crippen LogP contribution in [0.4, 0.5) is 10.1 Å². The number of halogens is 1. The summed E-state index contributed by atoms with van der Waals surface area (Å²) in [5, 5.41) is 0. The number of carbonyl (C=O) groups excluding carboxylic acids is 2. The van der Waals surface area contributed by atoms with Crippen molar-refractivity contribution in [3.05, 3.63) is 30.1 Å². The topological polar surface area (TPSA) is 43.9 Å². The maximum Gasteiger partial charge on any atom is 0.224 e. The number of rotatable bonds is 8. The molecule has 0 aromatic heterocycles. The molecule has 26 heavy (non-hydrogen) atoms. The summed E-state index contributed by atoms with van der Waals surface area (Å²) in [5.41, 5.74) is 0.983. The van der Waals surface area contributed by atoms with Crippen LogP contribution in [0.5, 0.6) is 0 Å². The van der Waals surface area contributed by atoms with E-state index in [1.54, 1.807) is 24.0 Å². The summed E-state index contributed by atoms with van der Waals surface area (Å²) in [5.74, 6) is -0.0999. The highest BCUT2D eigenvalue weighted by atomic mass is 19.1. The van der Waals surface area contributed by atoms with Crippen molar-refractivity contribution in [2.24, 2.45) is 0 Å². The second-order valence-corrected chi connectivity index (χ2v) is 6.81. The summed E-state index contributed by atoms with van der Waals surface area (Å²) in [7, 11) is 0. The molecule has 1 aliphatic rings. The van der Waals surface area contributed by atoms with E-state index in [0.29, 0.717) is 26.1 Å². The van der Waals surface area contributed by atoms with Crippen LogP contribution in [0.3, 0.4) is 0 Å². The van der Waals surface area contributed by atoms with Gasteiger partial charge in [0.25, 0.3) is 0 Å². The quantitative estimate of drug-likeness (QED) is 0.667. The molecule has 2 rings (SSSR count). The van der Waals surface area contributed by atoms with Gasteiger partial charge in [0.1, 0.15) is 5.82 Å². The van der Waals surface area contributed by atoms with Crippen LogP contribution in [0.1, 0.15) is 39.5 Å². The number of hydrogen-bond acceptors (Lipinski definition) is 3. The number of anilines is 1. The van der Waals surface area contributed by atoms with Crippen LogP contribution in [0.2, 0.25) is 0 Å². The molecule has 1 heterocycles. The molecule has 0 saturated carbocycles. The summed E-state index contributed by atoms with van der Waals surface area (Å²) in [6.45, 7) is 7.72. The molecule has 1 aliphatic heterocycles. The van der Waals surface area contributed by atoms with Gasteiger partial charge in [-0.1, -0.05) is 19.8 Å². The number of amides is 2. The molecular formula is C20H30FN3O2. The third-order valence-electron chi connectivity index (χ3n) is 4.90. The third kappa shape index (κ3) is 6.00. The fourth-order valence-electron chi connectivity index (χ4n) is 3.23. The largest absolute Gasteiger partial charge is 0.368 e. The molecular weight excluding hydrogens is 333 g/mol. The number of nitrogens with zero attached hydrogens (tertiary/aromatic N) is 3. The van der Waals surface area contributed by atoms with Gasteiger partial charge in [0, 0.05) is 58.3 Å². The van der Waals surface area contributed by atoms with Gasteiger partial charge in [0.2, 0.25) is 11.8 Å². The van der Waals surface area contributed by atoms with Crippen LogP contribution in [0, 0.1) is 5.82 Å². The highest BCUT2D eigenvalue weighted by molar-refractivity contribution is 5.78. The monoisotopic (exact) mass is 363 g/mol. The summed E-state index contributed by atoms with van der Waals surface area (Å²) < 4.78 is 13.0. The fraction of sp³-hybridized carbons (Fsp3) is 0.600. The van der Waals surface area contributed by atoms with E-state index in [1.165, 1.54) is 12.1 Å². The molecule has 0 bridgehead atoms. The maximum absolute atomic E-state index is 13.0. The van der Waals surface area contributed by atoms with Crippen molar-refractivity contribution < 1.29 is 14.0 Å². The van der Waals surface area contributed by atoms with Gasteiger partial charge in [0.15, 0.2) is 0 Å². The Morgan fingerprint density at radius 1 is 1.04 bits per heavy atom. The molecule has 5 nitrogen and oxygen atoms in total. The highest BCUT2D eigenvalue weighted by Crippen LogP contribution is 2.17. The highest BCUT2D eigenvalue weighted by Gasteiger charge is 2.22. The molecule has 1 aromatic rings. The molecule has 0 spiro atoms. The van der Waals surface area contributed by atoms with E-state index >= 15 is 0 Å². The van der Waals surface area contributed by atoms with Crippen molar-refractivity contribution in [1.29, 1.82) is 0 Å². The first kappa shape index (κ1) is 20.2. The van der Waals surface area contributed by atoms with Gasteiger partial charge in [-0.2, -0.15) is 0 Å². The lowest BCUT2D eigenvalue weighted by atomic mass is 10.2. The number of hydrogen-bond donors (Lipinski definition) is 0. The molecule has 0 atom stereocenters. The summed E-state index contributed by atoms with van der Waals surface area (Å²) in [6, 6.07) is 6.46. The molecule has 1 fully saturated rings. The van der Waals surface area contributed by atoms with Crippen molar-refractivity contribution in [1.82, 2.24) is 9.80 Å². The number of benzene rings is 1. The smallest absolute Gasteiger partial charge is 0.224 e. The number of carbonyl (C=O) groups is 2. The SMILES string of the molecule is CCCCCN(CCC(=O)N1CCN(c2ccc(F)cc2)CC1)C(C)=O. The lowest BCUT2D eigenvalue weighted by molar-refractivity contribution is -0.133. The Balaban J connectivity index is 1.76. The van der Waals surface area contributed by atoms with E-state index in [1.807, 2.05) is 4.90 Å². The molecule has 0 unspecified atom stereocenters. The molecule has 6 heteroatoms. The zero-order chi connectivity index (χ0) is 18.9. The minimum atomic E-state index is -0.239. The Morgan fingerprint density at radius 3 is 2.27 bits per heavy atom. The molecule has 1 saturated heterocycles. The Labute approximate surface area is 155 Å². The molecule has 0 aliphatic carbocycles. The van der Waals surface area contributed by atoms with Crippen molar-refractivity contribution in [2.45, 2.75) is 39.5 Å². The van der Waals surface area contributed by atoms with Gasteiger partial charge in [-0.15, -0.1) is 0 Å². The van der Waals surface area contributed by atoms with Gasteiger partial charge in [0.05, 0.1) is 0 Å². The van der Waals surface area contributed by atoms with E-state index < -0.39 is 0 Å². The lowest BCUT2D eigenvalue weighted by Gasteiger charge is -2.36. The zero-order valence-corrected chi connectivity index (χ0v) is 15.9. The van der Waals surface area contributed by atoms with Crippen LogP contribution in [0.15, 0.2) is 24.3 Å². The van der Waals surface area contributed by atoms with E-state index in [2.05, 4.69) is 11.8 Å². The first-order valence-electron chi connectivity index (χ1n) is 9.55. The molecule has 0 radical (unpaired) electrons. The average molecular weight is 363 g/mol. The van der Waals surface area contributed by atoms with Crippen molar-refractivity contribution in [3.63, 3.8) is 0 Å². The van der Waals surface area contributed by atoms with Gasteiger partial charge < -0.3 is 14.7 Å². The van der Waals surface area contributed by atoms with Crippen LogP contribution >= 0.6 is 0 Å². The normalized spacial score (nSPS) is 14.4. The van der Waals surface area contributed by atoms with Crippen LogP contribution in [0.25, 0.3) is 0 Å². The van der Waals surface area contributed by atoms with Gasteiger partial charge in [-0.3, -0.25) is 9.59 Å². The summed E-state index contributed by atoms with van der Waals surface area (Å²) in [4.78, 5) is 30.0. The molecule has 1 aromatic carbocycles. The minimum Gasteiger partial charge on any atom is -0.368 e. The summed E-state index contributed by atoms with van der Waals surface area (Å²) >= 11 is 0. The van der Waals surface area contributed by atoms with Crippen molar-refractivity contribution >= 4 is 17.5 Å². The van der Waals surface area contributed by atoms with Gasteiger partial charge >= 0.3 is 0 Å². The molecule has 0 N–H and O–H groups in total. The third-order valence-corrected chi connectivity index (χ3v) is 4.90. The number of piperazine rings is 1. The zero-order valence-electron chi connectivity index (χ0n) is 15.9.